The molecular formula is C7H11ClN2O. The van der Waals surface area contributed by atoms with Crippen LogP contribution in [0.2, 0.25) is 0 Å². The number of hydrogen-bond acceptors (Lipinski definition) is 2. The van der Waals surface area contributed by atoms with Gasteiger partial charge in [-0.25, -0.2) is 0 Å². The van der Waals surface area contributed by atoms with Crippen LogP contribution in [0.15, 0.2) is 17.6 Å². The number of carbonyl (C=O) groups excluding carboxylic acids is 1. The SMILES string of the molecule is C=CC=NCCNC(=O)CCl. The Kier molecular flexibility index (Phi) is 6.73. The molecule has 4 heteroatoms. The van der Waals surface area contributed by atoms with Gasteiger partial charge >= 0.3 is 0 Å². The second-order valence-electron chi connectivity index (χ2n) is 1.77. The van der Waals surface area contributed by atoms with Crippen LogP contribution in [0.4, 0.5) is 0 Å². The number of alkyl halides is 1. The highest BCUT2D eigenvalue weighted by molar-refractivity contribution is 6.27. The molecule has 0 aromatic rings. The minimum Gasteiger partial charge on any atom is -0.353 e. The molecule has 0 atom stereocenters. The molecule has 0 radical (unpaired) electrons. The Labute approximate surface area is 71.1 Å². The van der Waals surface area contributed by atoms with Crippen molar-refractivity contribution in [2.75, 3.05) is 19.0 Å². The zero-order valence-corrected chi connectivity index (χ0v) is 6.97. The summed E-state index contributed by atoms with van der Waals surface area (Å²) in [7, 11) is 0. The average molecular weight is 175 g/mol. The summed E-state index contributed by atoms with van der Waals surface area (Å²) in [6.45, 7) is 4.54. The number of nitrogens with zero attached hydrogens (tertiary/aromatic N) is 1. The number of rotatable bonds is 5. The van der Waals surface area contributed by atoms with E-state index in [0.29, 0.717) is 13.1 Å². The van der Waals surface area contributed by atoms with Gasteiger partial charge < -0.3 is 5.32 Å². The van der Waals surface area contributed by atoms with Gasteiger partial charge in [-0.3, -0.25) is 9.79 Å². The van der Waals surface area contributed by atoms with Crippen molar-refractivity contribution >= 4 is 23.7 Å². The lowest BCUT2D eigenvalue weighted by molar-refractivity contribution is -0.118. The van der Waals surface area contributed by atoms with Gasteiger partial charge in [-0.05, 0) is 0 Å². The number of amides is 1. The lowest BCUT2D eigenvalue weighted by atomic mass is 10.6. The van der Waals surface area contributed by atoms with Crippen LogP contribution < -0.4 is 5.32 Å². The normalized spacial score (nSPS) is 9.91. The fraction of sp³-hybridized carbons (Fsp3) is 0.429. The highest BCUT2D eigenvalue weighted by atomic mass is 35.5. The van der Waals surface area contributed by atoms with Crippen LogP contribution >= 0.6 is 11.6 Å². The molecule has 1 N–H and O–H groups in total. The van der Waals surface area contributed by atoms with Crippen LogP contribution in [0.1, 0.15) is 0 Å². The molecule has 0 aliphatic carbocycles. The first-order chi connectivity index (χ1) is 5.31. The first-order valence-corrected chi connectivity index (χ1v) is 3.78. The van der Waals surface area contributed by atoms with E-state index in [0.717, 1.165) is 0 Å². The molecular weight excluding hydrogens is 164 g/mol. The molecule has 0 unspecified atom stereocenters. The summed E-state index contributed by atoms with van der Waals surface area (Å²) in [4.78, 5) is 14.4. The zero-order chi connectivity index (χ0) is 8.53. The summed E-state index contributed by atoms with van der Waals surface area (Å²) < 4.78 is 0. The number of aliphatic imine (C=N–C) groups is 1. The highest BCUT2D eigenvalue weighted by Gasteiger charge is 1.93. The fourth-order valence-corrected chi connectivity index (χ4v) is 0.551. The van der Waals surface area contributed by atoms with Crippen molar-refractivity contribution in [1.82, 2.24) is 5.32 Å². The van der Waals surface area contributed by atoms with Gasteiger partial charge in [-0.2, -0.15) is 0 Å². The summed E-state index contributed by atoms with van der Waals surface area (Å²) in [6, 6.07) is 0. The molecule has 0 saturated heterocycles. The van der Waals surface area contributed by atoms with E-state index in [1.807, 2.05) is 0 Å². The number of nitrogens with one attached hydrogen (secondary N) is 1. The Balaban J connectivity index is 3.20. The first kappa shape index (κ1) is 10.2. The van der Waals surface area contributed by atoms with Crippen molar-refractivity contribution in [2.45, 2.75) is 0 Å². The smallest absolute Gasteiger partial charge is 0.234 e. The van der Waals surface area contributed by atoms with Crippen molar-refractivity contribution < 1.29 is 4.79 Å². The molecule has 0 aromatic heterocycles. The zero-order valence-electron chi connectivity index (χ0n) is 6.22. The third-order valence-corrected chi connectivity index (χ3v) is 1.14. The third-order valence-electron chi connectivity index (χ3n) is 0.895. The summed E-state index contributed by atoms with van der Waals surface area (Å²) in [5.74, 6) is -0.161. The van der Waals surface area contributed by atoms with E-state index in [9.17, 15) is 4.79 Å². The minimum absolute atomic E-state index is 0.00513. The van der Waals surface area contributed by atoms with E-state index < -0.39 is 0 Å². The molecule has 0 rings (SSSR count). The van der Waals surface area contributed by atoms with Crippen LogP contribution in [0.5, 0.6) is 0 Å². The Hall–Kier alpha value is -0.830. The van der Waals surface area contributed by atoms with Crippen LogP contribution in [-0.4, -0.2) is 31.1 Å². The van der Waals surface area contributed by atoms with Crippen LogP contribution in [-0.2, 0) is 4.79 Å². The van der Waals surface area contributed by atoms with E-state index in [1.54, 1.807) is 12.3 Å². The van der Waals surface area contributed by atoms with E-state index in [-0.39, 0.29) is 11.8 Å². The first-order valence-electron chi connectivity index (χ1n) is 3.24. The average Bonchev–Trinajstić information content (AvgIpc) is 2.04. The number of carbonyl (C=O) groups is 1. The Morgan fingerprint density at radius 1 is 1.73 bits per heavy atom. The highest BCUT2D eigenvalue weighted by Crippen LogP contribution is 1.73. The largest absolute Gasteiger partial charge is 0.353 e. The Morgan fingerprint density at radius 3 is 3.00 bits per heavy atom. The van der Waals surface area contributed by atoms with Crippen molar-refractivity contribution in [1.29, 1.82) is 0 Å². The van der Waals surface area contributed by atoms with E-state index in [1.165, 1.54) is 0 Å². The lowest BCUT2D eigenvalue weighted by Gasteiger charge is -1.97. The minimum atomic E-state index is -0.166. The molecule has 0 spiro atoms. The second kappa shape index (κ2) is 7.28. The summed E-state index contributed by atoms with van der Waals surface area (Å²) in [6.07, 6.45) is 3.18. The van der Waals surface area contributed by atoms with Gasteiger partial charge in [0.2, 0.25) is 5.91 Å². The van der Waals surface area contributed by atoms with E-state index >= 15 is 0 Å². The van der Waals surface area contributed by atoms with E-state index in [2.05, 4.69) is 16.9 Å². The topological polar surface area (TPSA) is 41.5 Å². The monoisotopic (exact) mass is 174 g/mol. The lowest BCUT2D eigenvalue weighted by Crippen LogP contribution is -2.26. The second-order valence-corrected chi connectivity index (χ2v) is 2.04. The predicted octanol–water partition coefficient (Wildman–Crippen LogP) is 0.598. The predicted molar refractivity (Wildman–Crippen MR) is 47.3 cm³/mol. The molecule has 0 aromatic carbocycles. The fourth-order valence-electron chi connectivity index (χ4n) is 0.456. The van der Waals surface area contributed by atoms with Gasteiger partial charge in [-0.15, -0.1) is 11.6 Å². The van der Waals surface area contributed by atoms with Crippen molar-refractivity contribution in [3.05, 3.63) is 12.7 Å². The molecule has 1 amide bonds. The summed E-state index contributed by atoms with van der Waals surface area (Å²) >= 11 is 5.23. The molecule has 62 valence electrons. The molecule has 0 saturated carbocycles. The summed E-state index contributed by atoms with van der Waals surface area (Å²) in [5, 5.41) is 2.57. The van der Waals surface area contributed by atoms with Crippen LogP contribution in [0, 0.1) is 0 Å². The Morgan fingerprint density at radius 2 is 2.45 bits per heavy atom. The molecule has 0 bridgehead atoms. The summed E-state index contributed by atoms with van der Waals surface area (Å²) in [5.41, 5.74) is 0. The quantitative estimate of drug-likeness (QED) is 0.370. The van der Waals surface area contributed by atoms with Gasteiger partial charge in [0.1, 0.15) is 5.88 Å². The van der Waals surface area contributed by atoms with Gasteiger partial charge in [0.25, 0.3) is 0 Å². The van der Waals surface area contributed by atoms with Crippen molar-refractivity contribution in [3.8, 4) is 0 Å². The number of hydrogen-bond donors (Lipinski definition) is 1. The van der Waals surface area contributed by atoms with Gasteiger partial charge in [0.15, 0.2) is 0 Å². The number of halogens is 1. The van der Waals surface area contributed by atoms with Crippen molar-refractivity contribution in [2.24, 2.45) is 4.99 Å². The van der Waals surface area contributed by atoms with Crippen LogP contribution in [0.3, 0.4) is 0 Å². The molecule has 0 heterocycles. The molecule has 0 aliphatic rings. The molecule has 0 aliphatic heterocycles. The maximum Gasteiger partial charge on any atom is 0.234 e. The molecule has 0 fully saturated rings. The maximum absolute atomic E-state index is 10.5. The third kappa shape index (κ3) is 7.06. The standard InChI is InChI=1S/C7H11ClN2O/c1-2-3-9-4-5-10-7(11)6-8/h2-3H,1,4-6H2,(H,10,11). The maximum atomic E-state index is 10.5. The van der Waals surface area contributed by atoms with E-state index in [4.69, 9.17) is 11.6 Å². The van der Waals surface area contributed by atoms with Gasteiger partial charge in [0.05, 0.1) is 6.54 Å². The van der Waals surface area contributed by atoms with Crippen LogP contribution in [0.25, 0.3) is 0 Å². The molecule has 3 nitrogen and oxygen atoms in total. The molecule has 11 heavy (non-hydrogen) atoms. The Bertz CT molecular complexity index is 157. The van der Waals surface area contributed by atoms with Crippen molar-refractivity contribution in [3.63, 3.8) is 0 Å². The number of allylic oxidation sites excluding steroid dienone is 1. The van der Waals surface area contributed by atoms with Gasteiger partial charge in [-0.1, -0.05) is 12.7 Å². The van der Waals surface area contributed by atoms with Gasteiger partial charge in [0, 0.05) is 12.8 Å².